The fraction of sp³-hybridized carbons (Fsp3) is 0.208. The van der Waals surface area contributed by atoms with Crippen LogP contribution in [0.1, 0.15) is 34.8 Å². The molecule has 0 saturated heterocycles. The molecule has 4 aromatic rings. The van der Waals surface area contributed by atoms with E-state index in [2.05, 4.69) is 39.1 Å². The number of imidazole rings is 1. The molecule has 0 unspecified atom stereocenters. The van der Waals surface area contributed by atoms with Crippen LogP contribution in [0.4, 0.5) is 0 Å². The number of nitrogens with zero attached hydrogens (tertiary/aromatic N) is 3. The third-order valence-electron chi connectivity index (χ3n) is 4.82. The summed E-state index contributed by atoms with van der Waals surface area (Å²) in [5.74, 6) is 0.827. The van der Waals surface area contributed by atoms with Crippen LogP contribution in [-0.4, -0.2) is 27.0 Å². The summed E-state index contributed by atoms with van der Waals surface area (Å²) in [5.41, 5.74) is 5.02. The predicted octanol–water partition coefficient (Wildman–Crippen LogP) is 4.91. The molecule has 0 aliphatic heterocycles. The highest BCUT2D eigenvalue weighted by Gasteiger charge is 2.13. The average Bonchev–Trinajstić information content (AvgIpc) is 3.14. The van der Waals surface area contributed by atoms with Crippen LogP contribution in [0.15, 0.2) is 78.2 Å². The van der Waals surface area contributed by atoms with Crippen molar-refractivity contribution in [2.75, 3.05) is 6.54 Å². The van der Waals surface area contributed by atoms with Gasteiger partial charge in [-0.1, -0.05) is 61.2 Å². The lowest BCUT2D eigenvalue weighted by Crippen LogP contribution is -2.23. The molecule has 5 nitrogen and oxygen atoms in total. The minimum atomic E-state index is -0.0280. The van der Waals surface area contributed by atoms with E-state index in [-0.39, 0.29) is 5.91 Å². The summed E-state index contributed by atoms with van der Waals surface area (Å²) in [5, 5.41) is 3.88. The minimum absolute atomic E-state index is 0.0280. The molecule has 0 spiro atoms. The Morgan fingerprint density at radius 2 is 1.83 bits per heavy atom. The Balaban J connectivity index is 1.56. The van der Waals surface area contributed by atoms with Crippen molar-refractivity contribution in [3.05, 3.63) is 89.7 Å². The van der Waals surface area contributed by atoms with Crippen LogP contribution in [0, 0.1) is 0 Å². The first-order chi connectivity index (χ1) is 14.7. The van der Waals surface area contributed by atoms with E-state index < -0.39 is 0 Å². The predicted molar refractivity (Wildman–Crippen MR) is 122 cm³/mol. The van der Waals surface area contributed by atoms with Crippen LogP contribution in [0.3, 0.4) is 0 Å². The molecule has 0 atom stereocenters. The van der Waals surface area contributed by atoms with Crippen molar-refractivity contribution in [3.8, 4) is 0 Å². The fourth-order valence-electron chi connectivity index (χ4n) is 3.22. The third kappa shape index (κ3) is 4.71. The first-order valence-corrected chi connectivity index (χ1v) is 11.1. The van der Waals surface area contributed by atoms with Crippen LogP contribution in [0.2, 0.25) is 0 Å². The Labute approximate surface area is 180 Å². The van der Waals surface area contributed by atoms with Gasteiger partial charge in [0.1, 0.15) is 0 Å². The molecule has 0 fully saturated rings. The zero-order chi connectivity index (χ0) is 20.8. The highest BCUT2D eigenvalue weighted by atomic mass is 32.2. The van der Waals surface area contributed by atoms with E-state index >= 15 is 0 Å². The first-order valence-electron chi connectivity index (χ1n) is 10.1. The fourth-order valence-corrected chi connectivity index (χ4v) is 4.19. The van der Waals surface area contributed by atoms with E-state index in [1.807, 2.05) is 49.5 Å². The second-order valence-corrected chi connectivity index (χ2v) is 8.01. The largest absolute Gasteiger partial charge is 0.352 e. The first kappa shape index (κ1) is 20.2. The van der Waals surface area contributed by atoms with Gasteiger partial charge in [-0.05, 0) is 35.7 Å². The molecular weight excluding hydrogens is 392 g/mol. The number of amides is 1. The van der Waals surface area contributed by atoms with Crippen molar-refractivity contribution in [3.63, 3.8) is 0 Å². The molecule has 0 bridgehead atoms. The normalized spacial score (nSPS) is 11.0. The maximum atomic E-state index is 12.1. The van der Waals surface area contributed by atoms with Gasteiger partial charge in [-0.2, -0.15) is 0 Å². The van der Waals surface area contributed by atoms with E-state index in [1.165, 1.54) is 5.56 Å². The summed E-state index contributed by atoms with van der Waals surface area (Å²) in [7, 11) is 0. The van der Waals surface area contributed by atoms with Crippen molar-refractivity contribution in [1.82, 2.24) is 19.9 Å². The highest BCUT2D eigenvalue weighted by Crippen LogP contribution is 2.27. The number of thioether (sulfide) groups is 1. The molecule has 1 amide bonds. The van der Waals surface area contributed by atoms with Gasteiger partial charge >= 0.3 is 0 Å². The molecule has 0 radical (unpaired) electrons. The molecule has 6 heteroatoms. The quantitative estimate of drug-likeness (QED) is 0.415. The molecule has 2 aromatic carbocycles. The summed E-state index contributed by atoms with van der Waals surface area (Å²) in [6.45, 7) is 3.41. The third-order valence-corrected chi connectivity index (χ3v) is 5.87. The van der Waals surface area contributed by atoms with E-state index in [0.717, 1.165) is 33.9 Å². The summed E-state index contributed by atoms with van der Waals surface area (Å²) >= 11 is 1.72. The minimum Gasteiger partial charge on any atom is -0.352 e. The maximum Gasteiger partial charge on any atom is 0.251 e. The van der Waals surface area contributed by atoms with Gasteiger partial charge in [0.15, 0.2) is 5.16 Å². The Morgan fingerprint density at radius 3 is 2.60 bits per heavy atom. The number of fused-ring (bicyclic) bond motifs is 1. The lowest BCUT2D eigenvalue weighted by molar-refractivity contribution is 0.0953. The van der Waals surface area contributed by atoms with Gasteiger partial charge in [0.25, 0.3) is 5.91 Å². The summed E-state index contributed by atoms with van der Waals surface area (Å²) in [4.78, 5) is 21.3. The van der Waals surface area contributed by atoms with Crippen LogP contribution in [0.5, 0.6) is 0 Å². The van der Waals surface area contributed by atoms with Crippen LogP contribution < -0.4 is 5.32 Å². The van der Waals surface area contributed by atoms with Crippen molar-refractivity contribution in [2.45, 2.75) is 30.8 Å². The Bertz CT molecular complexity index is 1120. The second-order valence-electron chi connectivity index (χ2n) is 7.07. The van der Waals surface area contributed by atoms with Crippen LogP contribution in [-0.2, 0) is 12.3 Å². The molecule has 1 N–H and O–H groups in total. The lowest BCUT2D eigenvalue weighted by Gasteiger charge is -2.10. The lowest BCUT2D eigenvalue weighted by atomic mass is 10.1. The molecule has 152 valence electrons. The standard InChI is InChI=1S/C24H24N4OS/c1-2-13-26-23(29)20-10-8-18(9-11-20)16-28-22-15-25-14-12-21(22)27-24(28)30-17-19-6-4-3-5-7-19/h3-12,14-15H,2,13,16-17H2,1H3,(H,26,29). The number of hydrogen-bond donors (Lipinski definition) is 1. The number of pyridine rings is 1. The van der Waals surface area contributed by atoms with Crippen LogP contribution >= 0.6 is 11.8 Å². The van der Waals surface area contributed by atoms with Crippen molar-refractivity contribution < 1.29 is 4.79 Å². The molecule has 2 heterocycles. The second kappa shape index (κ2) is 9.59. The van der Waals surface area contributed by atoms with E-state index in [9.17, 15) is 4.79 Å². The Hall–Kier alpha value is -3.12. The van der Waals surface area contributed by atoms with E-state index in [1.54, 1.807) is 18.0 Å². The number of carbonyl (C=O) groups excluding carboxylic acids is 1. The molecule has 0 aliphatic rings. The number of carbonyl (C=O) groups is 1. The Kier molecular flexibility index (Phi) is 6.44. The molecule has 2 aromatic heterocycles. The molecule has 30 heavy (non-hydrogen) atoms. The zero-order valence-electron chi connectivity index (χ0n) is 16.9. The maximum absolute atomic E-state index is 12.1. The number of aromatic nitrogens is 3. The molecule has 0 aliphatic carbocycles. The number of benzene rings is 2. The van der Waals surface area contributed by atoms with Gasteiger partial charge in [0, 0.05) is 24.1 Å². The van der Waals surface area contributed by atoms with Gasteiger partial charge in [-0.25, -0.2) is 4.98 Å². The SMILES string of the molecule is CCCNC(=O)c1ccc(Cn2c(SCc3ccccc3)nc3ccncc32)cc1. The zero-order valence-corrected chi connectivity index (χ0v) is 17.7. The van der Waals surface area contributed by atoms with Crippen molar-refractivity contribution in [2.24, 2.45) is 0 Å². The summed E-state index contributed by atoms with van der Waals surface area (Å²) in [6, 6.07) is 20.1. The van der Waals surface area contributed by atoms with E-state index in [4.69, 9.17) is 4.98 Å². The summed E-state index contributed by atoms with van der Waals surface area (Å²) in [6.07, 6.45) is 4.56. The van der Waals surface area contributed by atoms with Crippen LogP contribution in [0.25, 0.3) is 11.0 Å². The molecule has 4 rings (SSSR count). The molecular formula is C24H24N4OS. The highest BCUT2D eigenvalue weighted by molar-refractivity contribution is 7.98. The van der Waals surface area contributed by atoms with Gasteiger partial charge in [0.05, 0.1) is 23.8 Å². The number of rotatable bonds is 8. The van der Waals surface area contributed by atoms with Gasteiger partial charge in [0.2, 0.25) is 0 Å². The van der Waals surface area contributed by atoms with Crippen molar-refractivity contribution >= 4 is 28.7 Å². The topological polar surface area (TPSA) is 59.8 Å². The number of hydrogen-bond acceptors (Lipinski definition) is 4. The monoisotopic (exact) mass is 416 g/mol. The van der Waals surface area contributed by atoms with Gasteiger partial charge < -0.3 is 9.88 Å². The molecule has 0 saturated carbocycles. The van der Waals surface area contributed by atoms with E-state index in [0.29, 0.717) is 18.7 Å². The van der Waals surface area contributed by atoms with Crippen molar-refractivity contribution in [1.29, 1.82) is 0 Å². The Morgan fingerprint density at radius 1 is 1.03 bits per heavy atom. The smallest absolute Gasteiger partial charge is 0.251 e. The van der Waals surface area contributed by atoms with Gasteiger partial charge in [-0.15, -0.1) is 0 Å². The number of nitrogens with one attached hydrogen (secondary N) is 1. The van der Waals surface area contributed by atoms with Gasteiger partial charge in [-0.3, -0.25) is 9.78 Å². The average molecular weight is 417 g/mol. The summed E-state index contributed by atoms with van der Waals surface area (Å²) < 4.78 is 2.20.